The van der Waals surface area contributed by atoms with Crippen LogP contribution in [0, 0.1) is 13.8 Å². The van der Waals surface area contributed by atoms with Crippen LogP contribution in [0.2, 0.25) is 0 Å². The second-order valence-corrected chi connectivity index (χ2v) is 8.05. The molecule has 0 spiro atoms. The van der Waals surface area contributed by atoms with Crippen LogP contribution in [0.25, 0.3) is 10.9 Å². The van der Waals surface area contributed by atoms with Crippen molar-refractivity contribution in [3.63, 3.8) is 0 Å². The Bertz CT molecular complexity index is 926. The van der Waals surface area contributed by atoms with E-state index in [1.807, 2.05) is 45.0 Å². The number of para-hydroxylation sites is 1. The molecule has 8 heteroatoms. The van der Waals surface area contributed by atoms with Crippen molar-refractivity contribution < 1.29 is 9.53 Å². The van der Waals surface area contributed by atoms with Gasteiger partial charge in [0, 0.05) is 5.39 Å². The van der Waals surface area contributed by atoms with Crippen LogP contribution in [-0.2, 0) is 4.79 Å². The minimum Gasteiger partial charge on any atom is -0.494 e. The van der Waals surface area contributed by atoms with Crippen molar-refractivity contribution in [3.05, 3.63) is 34.8 Å². The zero-order valence-electron chi connectivity index (χ0n) is 14.4. The second-order valence-electron chi connectivity index (χ2n) is 5.51. The van der Waals surface area contributed by atoms with E-state index in [1.165, 1.54) is 23.1 Å². The van der Waals surface area contributed by atoms with Crippen molar-refractivity contribution >= 4 is 45.0 Å². The molecular weight excluding hydrogens is 356 g/mol. The van der Waals surface area contributed by atoms with Crippen LogP contribution in [0.4, 0.5) is 5.13 Å². The topological polar surface area (TPSA) is 77.0 Å². The molecule has 130 valence electrons. The fourth-order valence-corrected chi connectivity index (χ4v) is 3.89. The fraction of sp³-hybridized carbons (Fsp3) is 0.294. The summed E-state index contributed by atoms with van der Waals surface area (Å²) in [6.45, 7) is 5.72. The lowest BCUT2D eigenvalue weighted by atomic mass is 10.1. The van der Waals surface area contributed by atoms with Gasteiger partial charge in [0.05, 0.1) is 17.4 Å². The van der Waals surface area contributed by atoms with E-state index < -0.39 is 0 Å². The summed E-state index contributed by atoms with van der Waals surface area (Å²) in [5.74, 6) is 0.602. The van der Waals surface area contributed by atoms with E-state index in [4.69, 9.17) is 4.74 Å². The number of nitrogens with one attached hydrogen (secondary N) is 1. The van der Waals surface area contributed by atoms with E-state index in [2.05, 4.69) is 20.5 Å². The number of ether oxygens (including phenoxy) is 1. The maximum atomic E-state index is 12.4. The summed E-state index contributed by atoms with van der Waals surface area (Å²) in [6.07, 6.45) is 0. The van der Waals surface area contributed by atoms with E-state index in [0.29, 0.717) is 5.13 Å². The molecule has 1 N–H and O–H groups in total. The van der Waals surface area contributed by atoms with Gasteiger partial charge in [-0.2, -0.15) is 0 Å². The number of aryl methyl sites for hydroxylation is 2. The lowest BCUT2D eigenvalue weighted by molar-refractivity contribution is -0.115. The van der Waals surface area contributed by atoms with Gasteiger partial charge in [0.25, 0.3) is 0 Å². The number of methoxy groups -OCH3 is 1. The van der Waals surface area contributed by atoms with Gasteiger partial charge in [0.15, 0.2) is 0 Å². The minimum absolute atomic E-state index is 0.124. The van der Waals surface area contributed by atoms with E-state index >= 15 is 0 Å². The van der Waals surface area contributed by atoms with E-state index in [0.717, 1.165) is 32.2 Å². The van der Waals surface area contributed by atoms with Crippen LogP contribution in [-0.4, -0.2) is 33.4 Å². The zero-order valence-corrected chi connectivity index (χ0v) is 16.0. The Balaban J connectivity index is 1.80. The summed E-state index contributed by atoms with van der Waals surface area (Å²) in [7, 11) is 1.63. The third kappa shape index (κ3) is 3.91. The first-order valence-electron chi connectivity index (χ1n) is 7.70. The van der Waals surface area contributed by atoms with Crippen molar-refractivity contribution in [1.29, 1.82) is 0 Å². The molecule has 0 bridgehead atoms. The van der Waals surface area contributed by atoms with E-state index in [-0.39, 0.29) is 11.2 Å². The maximum absolute atomic E-state index is 12.4. The van der Waals surface area contributed by atoms with Gasteiger partial charge in [-0.15, -0.1) is 10.2 Å². The predicted molar refractivity (Wildman–Crippen MR) is 102 cm³/mol. The van der Waals surface area contributed by atoms with Crippen LogP contribution < -0.4 is 10.1 Å². The molecule has 0 saturated heterocycles. The quantitative estimate of drug-likeness (QED) is 0.684. The van der Waals surface area contributed by atoms with Gasteiger partial charge < -0.3 is 4.74 Å². The molecule has 2 aromatic heterocycles. The molecule has 1 amide bonds. The van der Waals surface area contributed by atoms with Gasteiger partial charge in [-0.1, -0.05) is 35.2 Å². The molecule has 0 aliphatic rings. The lowest BCUT2D eigenvalue weighted by Gasteiger charge is -2.12. The number of pyridine rings is 1. The number of anilines is 1. The summed E-state index contributed by atoms with van der Waals surface area (Å²) < 4.78 is 5.41. The fourth-order valence-electron chi connectivity index (χ4n) is 2.38. The Hall–Kier alpha value is -2.19. The van der Waals surface area contributed by atoms with E-state index in [1.54, 1.807) is 7.11 Å². The van der Waals surface area contributed by atoms with Crippen molar-refractivity contribution in [2.75, 3.05) is 12.4 Å². The highest BCUT2D eigenvalue weighted by Gasteiger charge is 2.18. The first kappa shape index (κ1) is 17.6. The molecule has 0 radical (unpaired) electrons. The van der Waals surface area contributed by atoms with Gasteiger partial charge >= 0.3 is 0 Å². The zero-order chi connectivity index (χ0) is 18.0. The first-order valence-corrected chi connectivity index (χ1v) is 9.39. The summed E-state index contributed by atoms with van der Waals surface area (Å²) in [5, 5.41) is 13.4. The van der Waals surface area contributed by atoms with Crippen LogP contribution in [0.5, 0.6) is 5.75 Å². The second kappa shape index (κ2) is 7.37. The average molecular weight is 374 g/mol. The Morgan fingerprint density at radius 3 is 2.80 bits per heavy atom. The summed E-state index contributed by atoms with van der Waals surface area (Å²) in [6, 6.07) is 7.84. The highest BCUT2D eigenvalue weighted by molar-refractivity contribution is 8.00. The van der Waals surface area contributed by atoms with Gasteiger partial charge in [-0.05, 0) is 38.5 Å². The minimum atomic E-state index is -0.316. The first-order chi connectivity index (χ1) is 12.0. The number of benzene rings is 1. The molecule has 1 atom stereocenters. The molecule has 0 saturated carbocycles. The molecule has 2 heterocycles. The Morgan fingerprint density at radius 1 is 1.32 bits per heavy atom. The summed E-state index contributed by atoms with van der Waals surface area (Å²) in [4.78, 5) is 17.0. The highest BCUT2D eigenvalue weighted by atomic mass is 32.2. The number of amides is 1. The van der Waals surface area contributed by atoms with Gasteiger partial charge in [0.1, 0.15) is 16.3 Å². The van der Waals surface area contributed by atoms with Crippen LogP contribution >= 0.6 is 23.1 Å². The third-order valence-electron chi connectivity index (χ3n) is 3.63. The largest absolute Gasteiger partial charge is 0.494 e. The van der Waals surface area contributed by atoms with Gasteiger partial charge in [0.2, 0.25) is 11.0 Å². The predicted octanol–water partition coefficient (Wildman–Crippen LogP) is 3.83. The Labute approximate surface area is 154 Å². The standard InChI is InChI=1S/C17H18N4O2S2/c1-9-8-14(18-15-12(9)6-5-7-13(15)23-4)24-10(2)16(22)19-17-21-20-11(3)25-17/h5-8,10H,1-4H3,(H,19,21,22). The number of carbonyl (C=O) groups excluding carboxylic acids is 1. The molecule has 1 unspecified atom stereocenters. The van der Waals surface area contributed by atoms with Crippen molar-refractivity contribution in [3.8, 4) is 5.75 Å². The van der Waals surface area contributed by atoms with Crippen molar-refractivity contribution in [2.24, 2.45) is 0 Å². The molecule has 3 aromatic rings. The molecular formula is C17H18N4O2S2. The number of rotatable bonds is 5. The molecule has 6 nitrogen and oxygen atoms in total. The number of carbonyl (C=O) groups is 1. The lowest BCUT2D eigenvalue weighted by Crippen LogP contribution is -2.22. The maximum Gasteiger partial charge on any atom is 0.239 e. The van der Waals surface area contributed by atoms with Crippen LogP contribution in [0.3, 0.4) is 0 Å². The molecule has 0 fully saturated rings. The monoisotopic (exact) mass is 374 g/mol. The molecule has 3 rings (SSSR count). The Kier molecular flexibility index (Phi) is 5.19. The van der Waals surface area contributed by atoms with E-state index in [9.17, 15) is 4.79 Å². The molecule has 1 aromatic carbocycles. The summed E-state index contributed by atoms with van der Waals surface area (Å²) in [5.41, 5.74) is 1.90. The van der Waals surface area contributed by atoms with Crippen molar-refractivity contribution in [2.45, 2.75) is 31.0 Å². The van der Waals surface area contributed by atoms with Gasteiger partial charge in [-0.25, -0.2) is 4.98 Å². The SMILES string of the molecule is COc1cccc2c(C)cc(SC(C)C(=O)Nc3nnc(C)s3)nc12. The number of hydrogen-bond acceptors (Lipinski definition) is 7. The Morgan fingerprint density at radius 2 is 2.12 bits per heavy atom. The molecule has 25 heavy (non-hydrogen) atoms. The normalized spacial score (nSPS) is 12.2. The average Bonchev–Trinajstić information content (AvgIpc) is 2.99. The number of nitrogens with zero attached hydrogens (tertiary/aromatic N) is 3. The third-order valence-corrected chi connectivity index (χ3v) is 5.40. The molecule has 0 aliphatic carbocycles. The number of hydrogen-bond donors (Lipinski definition) is 1. The van der Waals surface area contributed by atoms with Crippen LogP contribution in [0.1, 0.15) is 17.5 Å². The molecule has 0 aliphatic heterocycles. The highest BCUT2D eigenvalue weighted by Crippen LogP contribution is 2.31. The van der Waals surface area contributed by atoms with Crippen molar-refractivity contribution in [1.82, 2.24) is 15.2 Å². The van der Waals surface area contributed by atoms with Crippen LogP contribution in [0.15, 0.2) is 29.3 Å². The number of aromatic nitrogens is 3. The smallest absolute Gasteiger partial charge is 0.239 e. The van der Waals surface area contributed by atoms with Gasteiger partial charge in [-0.3, -0.25) is 10.1 Å². The number of thioether (sulfide) groups is 1. The summed E-state index contributed by atoms with van der Waals surface area (Å²) >= 11 is 2.76. The number of fused-ring (bicyclic) bond motifs is 1.